The van der Waals surface area contributed by atoms with E-state index in [-0.39, 0.29) is 29.6 Å². The Morgan fingerprint density at radius 2 is 1.86 bits per heavy atom. The number of piperidine rings is 1. The SMILES string of the molecule is C[C@@H]1CC(F)(F)CN(C(=O)c2nn(C)nc2-c2ccc(Cl)cn2)[C@@H]1CNc1ncc(C(F)(F)F)cn1. The molecule has 1 N–H and O–H groups in total. The number of nitrogens with zero attached hydrogens (tertiary/aromatic N) is 7. The van der Waals surface area contributed by atoms with Crippen LogP contribution in [-0.4, -0.2) is 65.8 Å². The number of alkyl halides is 5. The number of carbonyl (C=O) groups excluding carboxylic acids is 1. The third-order valence-corrected chi connectivity index (χ3v) is 5.90. The average molecular weight is 531 g/mol. The quantitative estimate of drug-likeness (QED) is 0.499. The highest BCUT2D eigenvalue weighted by molar-refractivity contribution is 6.30. The van der Waals surface area contributed by atoms with E-state index in [1.54, 1.807) is 13.0 Å². The summed E-state index contributed by atoms with van der Waals surface area (Å²) in [6.07, 6.45) is -2.50. The van der Waals surface area contributed by atoms with Gasteiger partial charge >= 0.3 is 6.18 Å². The fourth-order valence-corrected chi connectivity index (χ4v) is 4.13. The summed E-state index contributed by atoms with van der Waals surface area (Å²) in [7, 11) is 1.48. The lowest BCUT2D eigenvalue weighted by Gasteiger charge is -2.43. The normalized spacial score (nSPS) is 19.8. The van der Waals surface area contributed by atoms with Gasteiger partial charge in [-0.15, -0.1) is 5.10 Å². The predicted octanol–water partition coefficient (Wildman–Crippen LogP) is 3.94. The van der Waals surface area contributed by atoms with Gasteiger partial charge in [0.05, 0.1) is 28.9 Å². The summed E-state index contributed by atoms with van der Waals surface area (Å²) in [6.45, 7) is 0.606. The van der Waals surface area contributed by atoms with E-state index >= 15 is 0 Å². The molecule has 1 fully saturated rings. The molecule has 1 amide bonds. The van der Waals surface area contributed by atoms with Crippen LogP contribution in [0, 0.1) is 5.92 Å². The summed E-state index contributed by atoms with van der Waals surface area (Å²) in [5.41, 5.74) is -0.825. The molecule has 9 nitrogen and oxygen atoms in total. The van der Waals surface area contributed by atoms with Crippen LogP contribution in [0.2, 0.25) is 5.02 Å². The maximum absolute atomic E-state index is 14.5. The number of nitrogens with one attached hydrogen (secondary N) is 1. The van der Waals surface area contributed by atoms with Crippen molar-refractivity contribution in [3.63, 3.8) is 0 Å². The van der Waals surface area contributed by atoms with Crippen molar-refractivity contribution in [3.05, 3.63) is 47.0 Å². The Bertz CT molecular complexity index is 1230. The van der Waals surface area contributed by atoms with E-state index in [2.05, 4.69) is 30.5 Å². The highest BCUT2D eigenvalue weighted by atomic mass is 35.5. The molecular weight excluding hydrogens is 511 g/mol. The van der Waals surface area contributed by atoms with Crippen molar-refractivity contribution in [2.45, 2.75) is 31.5 Å². The van der Waals surface area contributed by atoms with Crippen LogP contribution in [0.5, 0.6) is 0 Å². The van der Waals surface area contributed by atoms with Crippen molar-refractivity contribution < 1.29 is 26.7 Å². The molecule has 0 unspecified atom stereocenters. The molecule has 0 spiro atoms. The Balaban J connectivity index is 1.60. The van der Waals surface area contributed by atoms with Crippen molar-refractivity contribution in [3.8, 4) is 11.4 Å². The highest BCUT2D eigenvalue weighted by Crippen LogP contribution is 2.36. The molecule has 0 aliphatic carbocycles. The van der Waals surface area contributed by atoms with Gasteiger partial charge in [0, 0.05) is 38.6 Å². The van der Waals surface area contributed by atoms with Gasteiger partial charge in [-0.1, -0.05) is 18.5 Å². The first-order valence-corrected chi connectivity index (χ1v) is 11.1. The largest absolute Gasteiger partial charge is 0.419 e. The third kappa shape index (κ3) is 5.53. The van der Waals surface area contributed by atoms with Gasteiger partial charge in [-0.25, -0.2) is 18.7 Å². The van der Waals surface area contributed by atoms with Gasteiger partial charge in [0.25, 0.3) is 11.8 Å². The van der Waals surface area contributed by atoms with Gasteiger partial charge in [0.1, 0.15) is 5.69 Å². The fraction of sp³-hybridized carbons (Fsp3) is 0.429. The number of likely N-dealkylation sites (tertiary alicyclic amines) is 1. The molecule has 0 bridgehead atoms. The first-order valence-electron chi connectivity index (χ1n) is 10.7. The van der Waals surface area contributed by atoms with Gasteiger partial charge < -0.3 is 10.2 Å². The zero-order valence-electron chi connectivity index (χ0n) is 19.0. The average Bonchev–Trinajstić information content (AvgIpc) is 3.19. The minimum Gasteiger partial charge on any atom is -0.352 e. The molecule has 192 valence electrons. The van der Waals surface area contributed by atoms with Gasteiger partial charge in [0.15, 0.2) is 5.69 Å². The van der Waals surface area contributed by atoms with E-state index in [0.29, 0.717) is 17.4 Å². The second-order valence-electron chi connectivity index (χ2n) is 8.46. The van der Waals surface area contributed by atoms with Crippen LogP contribution in [-0.2, 0) is 13.2 Å². The molecule has 2 atom stereocenters. The van der Waals surface area contributed by atoms with Crippen LogP contribution in [0.15, 0.2) is 30.7 Å². The molecule has 0 saturated carbocycles. The van der Waals surface area contributed by atoms with Gasteiger partial charge in [-0.05, 0) is 18.1 Å². The molecule has 1 saturated heterocycles. The van der Waals surface area contributed by atoms with Crippen molar-refractivity contribution >= 4 is 23.5 Å². The van der Waals surface area contributed by atoms with Gasteiger partial charge in [-0.2, -0.15) is 23.1 Å². The summed E-state index contributed by atoms with van der Waals surface area (Å²) in [5, 5.41) is 11.4. The van der Waals surface area contributed by atoms with Crippen LogP contribution < -0.4 is 5.32 Å². The number of hydrogen-bond acceptors (Lipinski definition) is 7. The minimum atomic E-state index is -4.60. The summed E-state index contributed by atoms with van der Waals surface area (Å²) in [6, 6.07) is 2.30. The molecule has 0 radical (unpaired) electrons. The number of carbonyl (C=O) groups is 1. The Hall–Kier alpha value is -3.42. The Morgan fingerprint density at radius 3 is 2.47 bits per heavy atom. The lowest BCUT2D eigenvalue weighted by atomic mass is 9.88. The monoisotopic (exact) mass is 530 g/mol. The fourth-order valence-electron chi connectivity index (χ4n) is 4.02. The highest BCUT2D eigenvalue weighted by Gasteiger charge is 2.47. The van der Waals surface area contributed by atoms with Gasteiger partial charge in [0.2, 0.25) is 5.95 Å². The maximum Gasteiger partial charge on any atom is 0.419 e. The van der Waals surface area contributed by atoms with Crippen molar-refractivity contribution in [2.75, 3.05) is 18.4 Å². The number of aromatic nitrogens is 6. The lowest BCUT2D eigenvalue weighted by Crippen LogP contribution is -2.57. The summed E-state index contributed by atoms with van der Waals surface area (Å²) in [4.78, 5) is 27.1. The molecule has 1 aliphatic rings. The van der Waals surface area contributed by atoms with Crippen molar-refractivity contribution in [1.82, 2.24) is 34.8 Å². The number of aryl methyl sites for hydroxylation is 1. The number of halogens is 6. The second-order valence-corrected chi connectivity index (χ2v) is 8.90. The molecule has 15 heteroatoms. The molecule has 1 aliphatic heterocycles. The molecule has 36 heavy (non-hydrogen) atoms. The zero-order chi connectivity index (χ0) is 26.3. The Morgan fingerprint density at radius 1 is 1.17 bits per heavy atom. The van der Waals surface area contributed by atoms with E-state index in [4.69, 9.17) is 11.6 Å². The topological polar surface area (TPSA) is 102 Å². The summed E-state index contributed by atoms with van der Waals surface area (Å²) < 4.78 is 67.3. The molecule has 3 aromatic heterocycles. The summed E-state index contributed by atoms with van der Waals surface area (Å²) >= 11 is 5.88. The molecule has 4 heterocycles. The molecule has 0 aromatic carbocycles. The number of anilines is 1. The van der Waals surface area contributed by atoms with Crippen LogP contribution >= 0.6 is 11.6 Å². The van der Waals surface area contributed by atoms with E-state index in [1.165, 1.54) is 19.3 Å². The van der Waals surface area contributed by atoms with E-state index in [9.17, 15) is 26.7 Å². The standard InChI is InChI=1S/C21H20ClF5N8O/c1-11-5-20(23,24)10-35(15(11)9-31-19-29-6-12(7-30-19)21(25,26)27)18(36)17-16(32-34(2)33-17)14-4-3-13(22)8-28-14/h3-4,6-8,11,15H,5,9-10H2,1-2H3,(H,29,30,31)/t11-,15-/m1/s1. The van der Waals surface area contributed by atoms with E-state index < -0.39 is 48.5 Å². The van der Waals surface area contributed by atoms with Gasteiger partial charge in [-0.3, -0.25) is 9.78 Å². The van der Waals surface area contributed by atoms with Crippen LogP contribution in [0.25, 0.3) is 11.4 Å². The Kier molecular flexibility index (Phi) is 6.82. The van der Waals surface area contributed by atoms with E-state index in [1.807, 2.05) is 0 Å². The first kappa shape index (κ1) is 25.7. The number of rotatable bonds is 5. The number of amides is 1. The number of pyridine rings is 1. The third-order valence-electron chi connectivity index (χ3n) is 5.68. The maximum atomic E-state index is 14.5. The molecular formula is C21H20ClF5N8O. The zero-order valence-corrected chi connectivity index (χ0v) is 19.7. The van der Waals surface area contributed by atoms with Crippen LogP contribution in [0.1, 0.15) is 29.4 Å². The minimum absolute atomic E-state index is 0.0802. The first-order chi connectivity index (χ1) is 16.8. The molecule has 4 rings (SSSR count). The lowest BCUT2D eigenvalue weighted by molar-refractivity contribution is -0.138. The number of hydrogen-bond donors (Lipinski definition) is 1. The van der Waals surface area contributed by atoms with Crippen LogP contribution in [0.3, 0.4) is 0 Å². The second kappa shape index (κ2) is 9.56. The van der Waals surface area contributed by atoms with Crippen molar-refractivity contribution in [1.29, 1.82) is 0 Å². The van der Waals surface area contributed by atoms with E-state index in [0.717, 1.165) is 9.70 Å². The van der Waals surface area contributed by atoms with Crippen LogP contribution in [0.4, 0.5) is 27.9 Å². The smallest absolute Gasteiger partial charge is 0.352 e. The molecule has 3 aromatic rings. The van der Waals surface area contributed by atoms with Crippen molar-refractivity contribution in [2.24, 2.45) is 13.0 Å². The summed E-state index contributed by atoms with van der Waals surface area (Å²) in [5.74, 6) is -4.75. The predicted molar refractivity (Wildman–Crippen MR) is 118 cm³/mol. The Labute approximate surface area is 206 Å².